The lowest BCUT2D eigenvalue weighted by molar-refractivity contribution is 0.0874. The number of pyridine rings is 1. The number of rotatable bonds is 6. The molecule has 10 nitrogen and oxygen atoms in total. The minimum absolute atomic E-state index is 0.0476. The summed E-state index contributed by atoms with van der Waals surface area (Å²) in [4.78, 5) is 45.9. The third-order valence-corrected chi connectivity index (χ3v) is 6.00. The second-order valence-corrected chi connectivity index (χ2v) is 8.39. The van der Waals surface area contributed by atoms with E-state index < -0.39 is 6.09 Å². The van der Waals surface area contributed by atoms with Crippen LogP contribution in [0.25, 0.3) is 11.3 Å². The van der Waals surface area contributed by atoms with Gasteiger partial charge in [-0.25, -0.2) is 9.78 Å². The Morgan fingerprint density at radius 3 is 2.51 bits per heavy atom. The number of para-hydroxylation sites is 1. The molecule has 4 N–H and O–H groups in total. The van der Waals surface area contributed by atoms with Crippen molar-refractivity contribution in [3.8, 4) is 17.0 Å². The molecular weight excluding hydrogens is 474 g/mol. The number of nitrogens with zero attached hydrogens (tertiary/aromatic N) is 2. The van der Waals surface area contributed by atoms with Gasteiger partial charge in [-0.3, -0.25) is 14.5 Å². The second kappa shape index (κ2) is 9.86. The van der Waals surface area contributed by atoms with Crippen LogP contribution in [-0.2, 0) is 6.54 Å². The third kappa shape index (κ3) is 4.85. The fraction of sp³-hybridized carbons (Fsp3) is 0.111. The highest BCUT2D eigenvalue weighted by atomic mass is 16.5. The van der Waals surface area contributed by atoms with Gasteiger partial charge in [0.15, 0.2) is 5.78 Å². The number of ether oxygens (including phenoxy) is 1. The van der Waals surface area contributed by atoms with Crippen molar-refractivity contribution in [3.05, 3.63) is 89.7 Å². The standard InChI is InChI=1S/C27H23N5O5/c1-37-19-9-7-16(8-10-19)26(34)31-22-13-17(11-12-28-22)24-25(29-18-5-3-2-4-6-18)23-20(30-24)14-32(27(35)36)15-21(23)33/h2-13,29-30H,14-15H2,1H3,(H,35,36)(H,28,31,34). The van der Waals surface area contributed by atoms with Crippen LogP contribution in [-0.4, -0.2) is 51.4 Å². The van der Waals surface area contributed by atoms with Gasteiger partial charge in [-0.15, -0.1) is 0 Å². The van der Waals surface area contributed by atoms with E-state index in [2.05, 4.69) is 20.6 Å². The van der Waals surface area contributed by atoms with Gasteiger partial charge in [0.25, 0.3) is 5.91 Å². The zero-order valence-electron chi connectivity index (χ0n) is 19.8. The van der Waals surface area contributed by atoms with Gasteiger partial charge in [0, 0.05) is 28.7 Å². The number of hydrogen-bond acceptors (Lipinski definition) is 6. The van der Waals surface area contributed by atoms with Crippen LogP contribution in [0.1, 0.15) is 26.4 Å². The van der Waals surface area contributed by atoms with E-state index in [1.807, 2.05) is 30.3 Å². The van der Waals surface area contributed by atoms with E-state index in [9.17, 15) is 19.5 Å². The quantitative estimate of drug-likeness (QED) is 0.301. The number of benzene rings is 2. The molecule has 0 saturated carbocycles. The lowest BCUT2D eigenvalue weighted by atomic mass is 10.0. The number of Topliss-reactive ketones (excluding diaryl/α,β-unsaturated/α-hetero) is 1. The molecule has 1 aliphatic heterocycles. The summed E-state index contributed by atoms with van der Waals surface area (Å²) in [6.45, 7) is -0.186. The van der Waals surface area contributed by atoms with Crippen molar-refractivity contribution in [1.82, 2.24) is 14.9 Å². The van der Waals surface area contributed by atoms with E-state index in [0.29, 0.717) is 45.3 Å². The average molecular weight is 498 g/mol. The van der Waals surface area contributed by atoms with Crippen LogP contribution in [0.4, 0.5) is 22.0 Å². The summed E-state index contributed by atoms with van der Waals surface area (Å²) in [6, 6.07) is 19.5. The summed E-state index contributed by atoms with van der Waals surface area (Å²) in [6.07, 6.45) is 0.386. The van der Waals surface area contributed by atoms with E-state index in [4.69, 9.17) is 4.74 Å². The fourth-order valence-corrected chi connectivity index (χ4v) is 4.21. The Bertz CT molecular complexity index is 1480. The first-order valence-corrected chi connectivity index (χ1v) is 11.4. The highest BCUT2D eigenvalue weighted by Gasteiger charge is 2.32. The number of carbonyl (C=O) groups is 3. The van der Waals surface area contributed by atoms with E-state index >= 15 is 0 Å². The fourth-order valence-electron chi connectivity index (χ4n) is 4.21. The van der Waals surface area contributed by atoms with Gasteiger partial charge in [0.05, 0.1) is 37.1 Å². The lowest BCUT2D eigenvalue weighted by Crippen LogP contribution is -2.38. The Balaban J connectivity index is 1.51. The van der Waals surface area contributed by atoms with E-state index in [-0.39, 0.29) is 24.8 Å². The van der Waals surface area contributed by atoms with Crippen LogP contribution in [0.5, 0.6) is 5.75 Å². The molecule has 5 rings (SSSR count). The number of fused-ring (bicyclic) bond motifs is 1. The number of amides is 2. The molecular formula is C27H23N5O5. The van der Waals surface area contributed by atoms with Crippen LogP contribution >= 0.6 is 0 Å². The maximum Gasteiger partial charge on any atom is 0.408 e. The number of methoxy groups -OCH3 is 1. The summed E-state index contributed by atoms with van der Waals surface area (Å²) in [5.41, 5.74) is 3.88. The maximum atomic E-state index is 13.0. The number of aromatic nitrogens is 2. The first kappa shape index (κ1) is 23.6. The molecule has 0 unspecified atom stereocenters. The molecule has 2 aromatic heterocycles. The van der Waals surface area contributed by atoms with Crippen LogP contribution in [0.3, 0.4) is 0 Å². The molecule has 0 radical (unpaired) electrons. The number of aromatic amines is 1. The summed E-state index contributed by atoms with van der Waals surface area (Å²) in [5.74, 6) is 0.302. The molecule has 0 atom stereocenters. The van der Waals surface area contributed by atoms with Gasteiger partial charge in [-0.05, 0) is 48.5 Å². The summed E-state index contributed by atoms with van der Waals surface area (Å²) >= 11 is 0. The van der Waals surface area contributed by atoms with Crippen molar-refractivity contribution in [2.24, 2.45) is 0 Å². The van der Waals surface area contributed by atoms with Crippen LogP contribution in [0.2, 0.25) is 0 Å². The molecule has 2 aromatic carbocycles. The van der Waals surface area contributed by atoms with Crippen molar-refractivity contribution in [1.29, 1.82) is 0 Å². The second-order valence-electron chi connectivity index (χ2n) is 8.39. The highest BCUT2D eigenvalue weighted by Crippen LogP contribution is 2.38. The average Bonchev–Trinajstić information content (AvgIpc) is 3.28. The molecule has 0 spiro atoms. The molecule has 1 aliphatic rings. The molecule has 2 amide bonds. The predicted octanol–water partition coefficient (Wildman–Crippen LogP) is 4.76. The molecule has 0 aliphatic carbocycles. The van der Waals surface area contributed by atoms with Crippen molar-refractivity contribution < 1.29 is 24.2 Å². The van der Waals surface area contributed by atoms with Gasteiger partial charge in [-0.1, -0.05) is 18.2 Å². The first-order chi connectivity index (χ1) is 17.9. The van der Waals surface area contributed by atoms with Crippen molar-refractivity contribution >= 4 is 35.0 Å². The molecule has 3 heterocycles. The molecule has 0 saturated heterocycles. The smallest absolute Gasteiger partial charge is 0.408 e. The number of ketones is 1. The number of hydrogen-bond donors (Lipinski definition) is 4. The van der Waals surface area contributed by atoms with Crippen molar-refractivity contribution in [2.75, 3.05) is 24.3 Å². The first-order valence-electron chi connectivity index (χ1n) is 11.4. The van der Waals surface area contributed by atoms with Gasteiger partial charge in [0.1, 0.15) is 11.6 Å². The highest BCUT2D eigenvalue weighted by molar-refractivity contribution is 6.09. The van der Waals surface area contributed by atoms with E-state index in [1.54, 1.807) is 49.7 Å². The van der Waals surface area contributed by atoms with Crippen LogP contribution in [0.15, 0.2) is 72.9 Å². The maximum absolute atomic E-state index is 13.0. The summed E-state index contributed by atoms with van der Waals surface area (Å²) in [5, 5.41) is 15.5. The Morgan fingerprint density at radius 1 is 1.05 bits per heavy atom. The topological polar surface area (TPSA) is 137 Å². The largest absolute Gasteiger partial charge is 0.497 e. The molecule has 4 aromatic rings. The number of nitrogens with one attached hydrogen (secondary N) is 3. The normalized spacial score (nSPS) is 12.6. The van der Waals surface area contributed by atoms with Crippen molar-refractivity contribution in [3.63, 3.8) is 0 Å². The zero-order chi connectivity index (χ0) is 25.9. The molecule has 186 valence electrons. The Morgan fingerprint density at radius 2 is 1.81 bits per heavy atom. The van der Waals surface area contributed by atoms with Gasteiger partial charge in [-0.2, -0.15) is 0 Å². The minimum atomic E-state index is -1.17. The summed E-state index contributed by atoms with van der Waals surface area (Å²) in [7, 11) is 1.55. The number of carbonyl (C=O) groups excluding carboxylic acids is 2. The number of H-pyrrole nitrogens is 1. The molecule has 37 heavy (non-hydrogen) atoms. The van der Waals surface area contributed by atoms with Gasteiger partial charge >= 0.3 is 6.09 Å². The predicted molar refractivity (Wildman–Crippen MR) is 137 cm³/mol. The lowest BCUT2D eigenvalue weighted by Gasteiger charge is -2.23. The van der Waals surface area contributed by atoms with E-state index in [1.165, 1.54) is 0 Å². The SMILES string of the molecule is COc1ccc(C(=O)Nc2cc(-c3[nH]c4c(c3Nc3ccccc3)C(=O)CN(C(=O)O)C4)ccn2)cc1. The van der Waals surface area contributed by atoms with Gasteiger partial charge < -0.3 is 25.5 Å². The molecule has 0 fully saturated rings. The van der Waals surface area contributed by atoms with Crippen LogP contribution in [0, 0.1) is 0 Å². The zero-order valence-corrected chi connectivity index (χ0v) is 19.8. The summed E-state index contributed by atoms with van der Waals surface area (Å²) < 4.78 is 5.13. The van der Waals surface area contributed by atoms with Crippen LogP contribution < -0.4 is 15.4 Å². The Hall–Kier alpha value is -5.12. The third-order valence-electron chi connectivity index (χ3n) is 6.00. The Labute approximate surface area is 211 Å². The van der Waals surface area contributed by atoms with E-state index in [0.717, 1.165) is 10.6 Å². The monoisotopic (exact) mass is 497 g/mol. The number of anilines is 3. The minimum Gasteiger partial charge on any atom is -0.497 e. The molecule has 0 bridgehead atoms. The molecule has 10 heteroatoms. The number of carboxylic acid groups (broad SMARTS) is 1. The van der Waals surface area contributed by atoms with Gasteiger partial charge in [0.2, 0.25) is 0 Å². The Kier molecular flexibility index (Phi) is 6.29. The van der Waals surface area contributed by atoms with Crippen molar-refractivity contribution in [2.45, 2.75) is 6.54 Å².